The van der Waals surface area contributed by atoms with Crippen molar-refractivity contribution in [3.63, 3.8) is 0 Å². The molecule has 0 radical (unpaired) electrons. The molecule has 1 fully saturated rings. The number of carboxylic acids is 1. The zero-order valence-electron chi connectivity index (χ0n) is 17.6. The van der Waals surface area contributed by atoms with E-state index < -0.39 is 17.8 Å². The molecule has 2 aromatic carbocycles. The summed E-state index contributed by atoms with van der Waals surface area (Å²) >= 11 is 5.18. The van der Waals surface area contributed by atoms with Crippen molar-refractivity contribution >= 4 is 41.2 Å². The standard InChI is InChI=1S/C24H19N3O6S/c28-16-5-1-13(2-6-16)9-10-27-22(31)18(21(30)26-24(27)34)12-15-4-8-19(25-15)14-3-7-17(23(32)33)20(29)11-14/h1-8,11-12,25,28-29H,9-10H2,(H,32,33)(H,26,30,34)/b18-12-. The predicted molar refractivity (Wildman–Crippen MR) is 127 cm³/mol. The molecule has 5 N–H and O–H groups in total. The zero-order chi connectivity index (χ0) is 24.4. The number of carboxylic acid groups (broad SMARTS) is 1. The lowest BCUT2D eigenvalue weighted by Gasteiger charge is -2.28. The Balaban J connectivity index is 1.54. The molecule has 172 valence electrons. The highest BCUT2D eigenvalue weighted by molar-refractivity contribution is 7.80. The number of hydrogen-bond donors (Lipinski definition) is 5. The van der Waals surface area contributed by atoms with E-state index in [1.165, 1.54) is 29.2 Å². The fourth-order valence-electron chi connectivity index (χ4n) is 3.50. The van der Waals surface area contributed by atoms with Crippen molar-refractivity contribution in [2.45, 2.75) is 6.42 Å². The monoisotopic (exact) mass is 477 g/mol. The average Bonchev–Trinajstić information content (AvgIpc) is 3.26. The number of H-pyrrole nitrogens is 1. The number of amides is 2. The summed E-state index contributed by atoms with van der Waals surface area (Å²) in [5.41, 5.74) is 2.12. The van der Waals surface area contributed by atoms with Crippen molar-refractivity contribution in [1.29, 1.82) is 0 Å². The van der Waals surface area contributed by atoms with Gasteiger partial charge in [0.2, 0.25) is 0 Å². The van der Waals surface area contributed by atoms with Crippen LogP contribution in [0.4, 0.5) is 0 Å². The van der Waals surface area contributed by atoms with Gasteiger partial charge in [-0.05, 0) is 66.7 Å². The normalized spacial score (nSPS) is 15.0. The van der Waals surface area contributed by atoms with E-state index in [4.69, 9.17) is 17.3 Å². The van der Waals surface area contributed by atoms with Gasteiger partial charge in [0, 0.05) is 23.5 Å². The molecule has 0 atom stereocenters. The van der Waals surface area contributed by atoms with Gasteiger partial charge in [-0.3, -0.25) is 19.8 Å². The summed E-state index contributed by atoms with van der Waals surface area (Å²) in [7, 11) is 0. The number of nitrogens with one attached hydrogen (secondary N) is 2. The lowest BCUT2D eigenvalue weighted by molar-refractivity contribution is -0.128. The summed E-state index contributed by atoms with van der Waals surface area (Å²) in [6.45, 7) is 0.241. The Morgan fingerprint density at radius 1 is 1.03 bits per heavy atom. The first kappa shape index (κ1) is 22.7. The number of hydrogen-bond acceptors (Lipinski definition) is 6. The van der Waals surface area contributed by atoms with Crippen LogP contribution in [0.5, 0.6) is 11.5 Å². The summed E-state index contributed by atoms with van der Waals surface area (Å²) in [6.07, 6.45) is 1.87. The first-order valence-corrected chi connectivity index (χ1v) is 10.6. The quantitative estimate of drug-likeness (QED) is 0.209. The highest BCUT2D eigenvalue weighted by atomic mass is 32.1. The van der Waals surface area contributed by atoms with Crippen molar-refractivity contribution < 1.29 is 29.7 Å². The molecule has 9 nitrogen and oxygen atoms in total. The van der Waals surface area contributed by atoms with E-state index in [9.17, 15) is 24.6 Å². The molecule has 3 aromatic rings. The Morgan fingerprint density at radius 3 is 2.44 bits per heavy atom. The molecule has 34 heavy (non-hydrogen) atoms. The van der Waals surface area contributed by atoms with Crippen LogP contribution in [0.1, 0.15) is 21.6 Å². The lowest BCUT2D eigenvalue weighted by atomic mass is 10.1. The van der Waals surface area contributed by atoms with Crippen molar-refractivity contribution in [1.82, 2.24) is 15.2 Å². The Bertz CT molecular complexity index is 1340. The van der Waals surface area contributed by atoms with Gasteiger partial charge in [0.25, 0.3) is 11.8 Å². The molecule has 0 bridgehead atoms. The van der Waals surface area contributed by atoms with Gasteiger partial charge in [0.05, 0.1) is 0 Å². The number of carbonyl (C=O) groups excluding carboxylic acids is 2. The molecule has 0 aliphatic carbocycles. The molecule has 2 heterocycles. The van der Waals surface area contributed by atoms with Crippen molar-refractivity contribution in [3.05, 3.63) is 77.0 Å². The van der Waals surface area contributed by atoms with Crippen LogP contribution in [0.25, 0.3) is 17.3 Å². The molecule has 0 unspecified atom stereocenters. The Labute approximate surface area is 199 Å². The summed E-state index contributed by atoms with van der Waals surface area (Å²) in [6, 6.07) is 14.1. The van der Waals surface area contributed by atoms with Crippen molar-refractivity contribution in [2.24, 2.45) is 0 Å². The Morgan fingerprint density at radius 2 is 1.76 bits per heavy atom. The fourth-order valence-corrected chi connectivity index (χ4v) is 3.77. The van der Waals surface area contributed by atoms with E-state index in [1.54, 1.807) is 36.4 Å². The van der Waals surface area contributed by atoms with E-state index in [2.05, 4.69) is 10.3 Å². The maximum absolute atomic E-state index is 13.0. The zero-order valence-corrected chi connectivity index (χ0v) is 18.4. The molecule has 1 saturated heterocycles. The van der Waals surface area contributed by atoms with Gasteiger partial charge < -0.3 is 20.3 Å². The predicted octanol–water partition coefficient (Wildman–Crippen LogP) is 2.66. The number of thiocarbonyl (C=S) groups is 1. The number of benzene rings is 2. The van der Waals surface area contributed by atoms with Crippen LogP contribution in [0, 0.1) is 0 Å². The van der Waals surface area contributed by atoms with Crippen LogP contribution in [0.2, 0.25) is 0 Å². The van der Waals surface area contributed by atoms with Crippen molar-refractivity contribution in [3.8, 4) is 22.8 Å². The Kier molecular flexibility index (Phi) is 6.15. The highest BCUT2D eigenvalue weighted by Crippen LogP contribution is 2.27. The molecular weight excluding hydrogens is 458 g/mol. The molecule has 2 amide bonds. The number of phenolic OH excluding ortho intramolecular Hbond substituents is 1. The first-order valence-electron chi connectivity index (χ1n) is 10.2. The van der Waals surface area contributed by atoms with Gasteiger partial charge >= 0.3 is 5.97 Å². The number of aromatic hydroxyl groups is 2. The number of phenols is 2. The van der Waals surface area contributed by atoms with Gasteiger partial charge in [-0.15, -0.1) is 0 Å². The third-order valence-electron chi connectivity index (χ3n) is 5.29. The lowest BCUT2D eigenvalue weighted by Crippen LogP contribution is -2.54. The number of carbonyl (C=O) groups is 3. The molecule has 1 aliphatic rings. The maximum atomic E-state index is 13.0. The fraction of sp³-hybridized carbons (Fsp3) is 0.0833. The van der Waals surface area contributed by atoms with Crippen LogP contribution < -0.4 is 5.32 Å². The van der Waals surface area contributed by atoms with Gasteiger partial charge in [0.15, 0.2) is 5.11 Å². The molecule has 10 heteroatoms. The van der Waals surface area contributed by atoms with Gasteiger partial charge in [0.1, 0.15) is 22.6 Å². The largest absolute Gasteiger partial charge is 0.508 e. The smallest absolute Gasteiger partial charge is 0.339 e. The van der Waals surface area contributed by atoms with E-state index in [1.807, 2.05) is 0 Å². The summed E-state index contributed by atoms with van der Waals surface area (Å²) in [4.78, 5) is 40.9. The third-order valence-corrected chi connectivity index (χ3v) is 5.62. The summed E-state index contributed by atoms with van der Waals surface area (Å²) < 4.78 is 0. The second-order valence-electron chi connectivity index (χ2n) is 7.55. The topological polar surface area (TPSA) is 143 Å². The van der Waals surface area contributed by atoms with Crippen LogP contribution in [0.15, 0.2) is 60.2 Å². The maximum Gasteiger partial charge on any atom is 0.339 e. The Hall–Kier alpha value is -4.44. The van der Waals surface area contributed by atoms with Gasteiger partial charge in [-0.1, -0.05) is 18.2 Å². The molecule has 1 aromatic heterocycles. The molecule has 0 spiro atoms. The molecule has 1 aliphatic heterocycles. The van der Waals surface area contributed by atoms with Crippen LogP contribution >= 0.6 is 12.2 Å². The number of aromatic nitrogens is 1. The summed E-state index contributed by atoms with van der Waals surface area (Å²) in [5, 5.41) is 30.9. The second-order valence-corrected chi connectivity index (χ2v) is 7.94. The van der Waals surface area contributed by atoms with E-state index in [0.717, 1.165) is 5.56 Å². The average molecular weight is 477 g/mol. The SMILES string of the molecule is O=C1NC(=S)N(CCc2ccc(O)cc2)C(=O)/C1=C\c1ccc(-c2ccc(C(=O)O)c(O)c2)[nH]1. The highest BCUT2D eigenvalue weighted by Gasteiger charge is 2.33. The van der Waals surface area contributed by atoms with Crippen LogP contribution in [-0.4, -0.2) is 54.6 Å². The van der Waals surface area contributed by atoms with E-state index in [0.29, 0.717) is 23.4 Å². The number of rotatable bonds is 6. The summed E-state index contributed by atoms with van der Waals surface area (Å²) in [5.74, 6) is -2.62. The molecule has 0 saturated carbocycles. The van der Waals surface area contributed by atoms with E-state index >= 15 is 0 Å². The first-order chi connectivity index (χ1) is 16.2. The minimum Gasteiger partial charge on any atom is -0.508 e. The van der Waals surface area contributed by atoms with Crippen molar-refractivity contribution in [2.75, 3.05) is 6.54 Å². The second kappa shape index (κ2) is 9.20. The van der Waals surface area contributed by atoms with Crippen LogP contribution in [0.3, 0.4) is 0 Å². The minimum atomic E-state index is -1.24. The minimum absolute atomic E-state index is 0.0205. The van der Waals surface area contributed by atoms with E-state index in [-0.39, 0.29) is 34.3 Å². The third kappa shape index (κ3) is 4.66. The van der Waals surface area contributed by atoms with Gasteiger partial charge in [-0.2, -0.15) is 0 Å². The number of aromatic carboxylic acids is 1. The number of aromatic amines is 1. The van der Waals surface area contributed by atoms with Gasteiger partial charge in [-0.25, -0.2) is 4.79 Å². The molecule has 4 rings (SSSR count). The molecular formula is C24H19N3O6S. The van der Waals surface area contributed by atoms with Crippen LogP contribution in [-0.2, 0) is 16.0 Å². The number of nitrogens with zero attached hydrogens (tertiary/aromatic N) is 1.